The molecule has 0 unspecified atom stereocenters. The van der Waals surface area contributed by atoms with Crippen molar-refractivity contribution in [2.24, 2.45) is 0 Å². The highest BCUT2D eigenvalue weighted by molar-refractivity contribution is 9.10. The van der Waals surface area contributed by atoms with E-state index in [0.29, 0.717) is 10.5 Å². The third-order valence-corrected chi connectivity index (χ3v) is 2.61. The number of nitrogens with zero attached hydrogens (tertiary/aromatic N) is 1. The number of pyridine rings is 1. The van der Waals surface area contributed by atoms with Crippen molar-refractivity contribution < 1.29 is 22.3 Å². The molecule has 0 N–H and O–H groups in total. The summed E-state index contributed by atoms with van der Waals surface area (Å²) in [7, 11) is 0. The molecule has 0 spiro atoms. The zero-order chi connectivity index (χ0) is 13.3. The summed E-state index contributed by atoms with van der Waals surface area (Å²) in [6.45, 7) is 0. The van der Waals surface area contributed by atoms with Crippen LogP contribution in [0.2, 0.25) is 0 Å². The lowest BCUT2D eigenvalue weighted by Gasteiger charge is -2.07. The molecule has 0 saturated heterocycles. The second-order valence-electron chi connectivity index (χ2n) is 3.22. The summed E-state index contributed by atoms with van der Waals surface area (Å²) in [5.74, 6) is -5.63. The molecule has 0 amide bonds. The van der Waals surface area contributed by atoms with E-state index >= 15 is 0 Å². The minimum absolute atomic E-state index is 0.104. The van der Waals surface area contributed by atoms with Gasteiger partial charge in [-0.3, -0.25) is 0 Å². The van der Waals surface area contributed by atoms with Crippen molar-refractivity contribution in [2.75, 3.05) is 0 Å². The number of rotatable bonds is 2. The van der Waals surface area contributed by atoms with E-state index in [-0.39, 0.29) is 5.75 Å². The lowest BCUT2D eigenvalue weighted by Crippen LogP contribution is -1.98. The first-order valence-corrected chi connectivity index (χ1v) is 5.41. The Morgan fingerprint density at radius 2 is 1.72 bits per heavy atom. The van der Waals surface area contributed by atoms with Gasteiger partial charge in [-0.15, -0.1) is 0 Å². The molecule has 0 bridgehead atoms. The first-order valence-electron chi connectivity index (χ1n) is 4.62. The molecule has 18 heavy (non-hydrogen) atoms. The van der Waals surface area contributed by atoms with Gasteiger partial charge < -0.3 is 4.74 Å². The van der Waals surface area contributed by atoms with Crippen molar-refractivity contribution in [3.8, 4) is 11.6 Å². The van der Waals surface area contributed by atoms with E-state index in [4.69, 9.17) is 4.74 Å². The molecule has 2 rings (SSSR count). The maximum absolute atomic E-state index is 13.2. The largest absolute Gasteiger partial charge is 0.435 e. The van der Waals surface area contributed by atoms with Crippen molar-refractivity contribution in [1.29, 1.82) is 0 Å². The molecule has 1 heterocycles. The predicted octanol–water partition coefficient (Wildman–Crippen LogP) is 4.19. The normalized spacial score (nSPS) is 10.5. The Balaban J connectivity index is 2.40. The van der Waals surface area contributed by atoms with Crippen LogP contribution in [0.15, 0.2) is 28.7 Å². The lowest BCUT2D eigenvalue weighted by atomic mass is 10.3. The molecule has 7 heteroatoms. The maximum Gasteiger partial charge on any atom is 0.258 e. The molecule has 1 aromatic heterocycles. The van der Waals surface area contributed by atoms with Crippen LogP contribution in [0.3, 0.4) is 0 Å². The molecule has 0 aliphatic rings. The SMILES string of the molecule is Fc1ccc(Br)c(Oc2nc(F)c(F)cc2F)c1. The average molecular weight is 322 g/mol. The number of halogens is 5. The summed E-state index contributed by atoms with van der Waals surface area (Å²) < 4.78 is 56.8. The smallest absolute Gasteiger partial charge is 0.258 e. The van der Waals surface area contributed by atoms with Crippen molar-refractivity contribution in [2.45, 2.75) is 0 Å². The predicted molar refractivity (Wildman–Crippen MR) is 58.3 cm³/mol. The molecule has 0 aliphatic carbocycles. The van der Waals surface area contributed by atoms with Crippen LogP contribution < -0.4 is 4.74 Å². The number of hydrogen-bond acceptors (Lipinski definition) is 2. The highest BCUT2D eigenvalue weighted by atomic mass is 79.9. The molecule has 0 radical (unpaired) electrons. The van der Waals surface area contributed by atoms with Gasteiger partial charge in [-0.1, -0.05) is 0 Å². The lowest BCUT2D eigenvalue weighted by molar-refractivity contribution is 0.384. The molecule has 0 atom stereocenters. The second-order valence-corrected chi connectivity index (χ2v) is 4.08. The van der Waals surface area contributed by atoms with Crippen LogP contribution in [0.4, 0.5) is 17.6 Å². The van der Waals surface area contributed by atoms with Gasteiger partial charge in [0.05, 0.1) is 4.47 Å². The van der Waals surface area contributed by atoms with Gasteiger partial charge >= 0.3 is 0 Å². The van der Waals surface area contributed by atoms with Crippen molar-refractivity contribution in [3.63, 3.8) is 0 Å². The molecular weight excluding hydrogens is 318 g/mol. The quantitative estimate of drug-likeness (QED) is 0.611. The Morgan fingerprint density at radius 1 is 1.00 bits per heavy atom. The number of ether oxygens (including phenoxy) is 1. The zero-order valence-electron chi connectivity index (χ0n) is 8.55. The third-order valence-electron chi connectivity index (χ3n) is 1.95. The van der Waals surface area contributed by atoms with E-state index in [0.717, 1.165) is 12.1 Å². The fourth-order valence-electron chi connectivity index (χ4n) is 1.16. The molecule has 2 aromatic rings. The molecule has 0 saturated carbocycles. The molecule has 0 fully saturated rings. The van der Waals surface area contributed by atoms with Crippen LogP contribution >= 0.6 is 15.9 Å². The van der Waals surface area contributed by atoms with Gasteiger partial charge in [0.15, 0.2) is 11.6 Å². The summed E-state index contributed by atoms with van der Waals surface area (Å²) in [6.07, 6.45) is 0. The van der Waals surface area contributed by atoms with Crippen LogP contribution in [0.5, 0.6) is 11.6 Å². The number of aromatic nitrogens is 1. The van der Waals surface area contributed by atoms with Gasteiger partial charge in [0.2, 0.25) is 0 Å². The number of hydrogen-bond donors (Lipinski definition) is 0. The highest BCUT2D eigenvalue weighted by Gasteiger charge is 2.15. The topological polar surface area (TPSA) is 22.1 Å². The van der Waals surface area contributed by atoms with E-state index in [2.05, 4.69) is 20.9 Å². The van der Waals surface area contributed by atoms with Crippen LogP contribution in [-0.4, -0.2) is 4.98 Å². The zero-order valence-corrected chi connectivity index (χ0v) is 10.1. The van der Waals surface area contributed by atoms with E-state index < -0.39 is 29.3 Å². The molecule has 94 valence electrons. The summed E-state index contributed by atoms with van der Waals surface area (Å²) >= 11 is 3.04. The minimum atomic E-state index is -1.50. The number of benzene rings is 1. The Morgan fingerprint density at radius 3 is 2.44 bits per heavy atom. The second kappa shape index (κ2) is 4.93. The Hall–Kier alpha value is -1.63. The summed E-state index contributed by atoms with van der Waals surface area (Å²) in [5, 5.41) is 0. The fraction of sp³-hybridized carbons (Fsp3) is 0. The Bertz CT molecular complexity index is 606. The Kier molecular flexibility index (Phi) is 3.51. The molecule has 1 aromatic carbocycles. The molecule has 2 nitrogen and oxygen atoms in total. The van der Waals surface area contributed by atoms with E-state index in [1.165, 1.54) is 6.07 Å². The summed E-state index contributed by atoms with van der Waals surface area (Å²) in [4.78, 5) is 2.96. The highest BCUT2D eigenvalue weighted by Crippen LogP contribution is 2.30. The third kappa shape index (κ3) is 2.61. The van der Waals surface area contributed by atoms with Crippen molar-refractivity contribution in [1.82, 2.24) is 4.98 Å². The summed E-state index contributed by atoms with van der Waals surface area (Å²) in [6, 6.07) is 3.71. The van der Waals surface area contributed by atoms with Crippen LogP contribution in [-0.2, 0) is 0 Å². The fourth-order valence-corrected chi connectivity index (χ4v) is 1.49. The van der Waals surface area contributed by atoms with Crippen LogP contribution in [0.1, 0.15) is 0 Å². The van der Waals surface area contributed by atoms with Gasteiger partial charge in [-0.2, -0.15) is 9.37 Å². The van der Waals surface area contributed by atoms with Crippen molar-refractivity contribution in [3.05, 3.63) is 52.1 Å². The van der Waals surface area contributed by atoms with E-state index in [9.17, 15) is 17.6 Å². The molecule has 0 aliphatic heterocycles. The Labute approximate surface area is 107 Å². The van der Waals surface area contributed by atoms with Gasteiger partial charge in [-0.25, -0.2) is 13.2 Å². The van der Waals surface area contributed by atoms with Gasteiger partial charge in [0.1, 0.15) is 11.6 Å². The van der Waals surface area contributed by atoms with Gasteiger partial charge in [-0.05, 0) is 28.1 Å². The van der Waals surface area contributed by atoms with E-state index in [1.54, 1.807) is 0 Å². The van der Waals surface area contributed by atoms with Gasteiger partial charge in [0.25, 0.3) is 11.8 Å². The van der Waals surface area contributed by atoms with Crippen LogP contribution in [0.25, 0.3) is 0 Å². The maximum atomic E-state index is 13.2. The summed E-state index contributed by atoms with van der Waals surface area (Å²) in [5.41, 5.74) is 0. The monoisotopic (exact) mass is 321 g/mol. The van der Waals surface area contributed by atoms with Crippen molar-refractivity contribution >= 4 is 15.9 Å². The average Bonchev–Trinajstić information content (AvgIpc) is 2.30. The first kappa shape index (κ1) is 12.8. The van der Waals surface area contributed by atoms with Gasteiger partial charge in [0, 0.05) is 12.1 Å². The van der Waals surface area contributed by atoms with E-state index in [1.807, 2.05) is 0 Å². The first-order chi connectivity index (χ1) is 8.47. The minimum Gasteiger partial charge on any atom is -0.435 e. The standard InChI is InChI=1S/C11H4BrF4NO/c12-6-2-1-5(13)3-9(6)18-11-8(15)4-7(14)10(16)17-11/h1-4H. The molecular formula is C11H4BrF4NO. The van der Waals surface area contributed by atoms with Crippen LogP contribution in [0, 0.1) is 23.4 Å².